The molecule has 0 spiro atoms. The third-order valence-corrected chi connectivity index (χ3v) is 4.47. The summed E-state index contributed by atoms with van der Waals surface area (Å²) in [6.45, 7) is 0.367. The smallest absolute Gasteiger partial charge is 0.272 e. The number of amides is 1. The molecule has 0 radical (unpaired) electrons. The number of hydrogen-bond donors (Lipinski definition) is 2. The number of aromatic nitrogens is 2. The zero-order valence-electron chi connectivity index (χ0n) is 15.6. The Morgan fingerprint density at radius 2 is 1.62 bits per heavy atom. The maximum Gasteiger partial charge on any atom is 0.272 e. The zero-order valence-corrected chi connectivity index (χ0v) is 15.6. The number of nitrogens with one attached hydrogen (secondary N) is 2. The van der Waals surface area contributed by atoms with Crippen LogP contribution >= 0.6 is 0 Å². The van der Waals surface area contributed by atoms with Crippen LogP contribution < -0.4 is 15.6 Å². The van der Waals surface area contributed by atoms with Gasteiger partial charge in [-0.25, -0.2) is 5.10 Å². The lowest BCUT2D eigenvalue weighted by molar-refractivity contribution is -0.120. The van der Waals surface area contributed by atoms with Crippen molar-refractivity contribution in [3.63, 3.8) is 0 Å². The second-order valence-electron chi connectivity index (χ2n) is 6.56. The van der Waals surface area contributed by atoms with Gasteiger partial charge >= 0.3 is 0 Å². The third-order valence-electron chi connectivity index (χ3n) is 4.47. The standard InChI is InChI=1S/C23H19N3O3/c27-22(14-21-19-11-4-5-12-20(19)23(28)26-25-21)24-15-16-7-6-10-18(13-16)29-17-8-2-1-3-9-17/h1-13H,14-15H2,(H,24,27)(H,26,28). The molecule has 4 rings (SSSR count). The first-order valence-corrected chi connectivity index (χ1v) is 9.24. The summed E-state index contributed by atoms with van der Waals surface area (Å²) in [7, 11) is 0. The van der Waals surface area contributed by atoms with Crippen LogP contribution in [0.2, 0.25) is 0 Å². The van der Waals surface area contributed by atoms with Gasteiger partial charge in [0.15, 0.2) is 0 Å². The summed E-state index contributed by atoms with van der Waals surface area (Å²) in [6.07, 6.45) is 0.0809. The zero-order chi connectivity index (χ0) is 20.1. The fourth-order valence-corrected chi connectivity index (χ4v) is 3.07. The Hall–Kier alpha value is -3.93. The van der Waals surface area contributed by atoms with Gasteiger partial charge in [0.2, 0.25) is 5.91 Å². The predicted molar refractivity (Wildman–Crippen MR) is 111 cm³/mol. The number of aromatic amines is 1. The molecule has 4 aromatic rings. The van der Waals surface area contributed by atoms with E-state index in [0.29, 0.717) is 28.8 Å². The molecule has 0 atom stereocenters. The molecule has 0 aliphatic carbocycles. The van der Waals surface area contributed by atoms with Gasteiger partial charge in [-0.1, -0.05) is 48.5 Å². The number of para-hydroxylation sites is 1. The first-order chi connectivity index (χ1) is 14.2. The normalized spacial score (nSPS) is 10.6. The lowest BCUT2D eigenvalue weighted by Gasteiger charge is -2.09. The number of benzene rings is 3. The van der Waals surface area contributed by atoms with E-state index in [1.165, 1.54) is 0 Å². The highest BCUT2D eigenvalue weighted by atomic mass is 16.5. The van der Waals surface area contributed by atoms with Crippen LogP contribution in [0.4, 0.5) is 0 Å². The van der Waals surface area contributed by atoms with E-state index in [2.05, 4.69) is 15.5 Å². The van der Waals surface area contributed by atoms with E-state index >= 15 is 0 Å². The van der Waals surface area contributed by atoms with Crippen molar-refractivity contribution in [2.75, 3.05) is 0 Å². The Labute approximate surface area is 167 Å². The maximum absolute atomic E-state index is 12.4. The van der Waals surface area contributed by atoms with Crippen molar-refractivity contribution in [2.45, 2.75) is 13.0 Å². The Bertz CT molecular complexity index is 1200. The van der Waals surface area contributed by atoms with Crippen LogP contribution in [0.15, 0.2) is 83.7 Å². The van der Waals surface area contributed by atoms with Gasteiger partial charge in [-0.2, -0.15) is 5.10 Å². The van der Waals surface area contributed by atoms with E-state index in [-0.39, 0.29) is 17.9 Å². The number of rotatable bonds is 6. The predicted octanol–water partition coefficient (Wildman–Crippen LogP) is 3.57. The highest BCUT2D eigenvalue weighted by molar-refractivity contribution is 5.88. The molecular weight excluding hydrogens is 366 g/mol. The molecule has 0 aliphatic heterocycles. The average Bonchev–Trinajstić information content (AvgIpc) is 2.75. The van der Waals surface area contributed by atoms with E-state index < -0.39 is 0 Å². The molecule has 2 N–H and O–H groups in total. The minimum Gasteiger partial charge on any atom is -0.457 e. The van der Waals surface area contributed by atoms with Crippen LogP contribution in [0.25, 0.3) is 10.8 Å². The third kappa shape index (κ3) is 4.50. The molecule has 144 valence electrons. The van der Waals surface area contributed by atoms with Crippen molar-refractivity contribution >= 4 is 16.7 Å². The van der Waals surface area contributed by atoms with Crippen molar-refractivity contribution in [3.05, 3.63) is 100 Å². The molecule has 0 bridgehead atoms. The molecule has 3 aromatic carbocycles. The van der Waals surface area contributed by atoms with E-state index in [4.69, 9.17) is 4.74 Å². The van der Waals surface area contributed by atoms with Gasteiger partial charge in [0.25, 0.3) is 5.56 Å². The van der Waals surface area contributed by atoms with Crippen molar-refractivity contribution in [3.8, 4) is 11.5 Å². The van der Waals surface area contributed by atoms with Gasteiger partial charge < -0.3 is 10.1 Å². The minimum atomic E-state index is -0.264. The quantitative estimate of drug-likeness (QED) is 0.531. The Kier molecular flexibility index (Phi) is 5.33. The molecule has 6 heteroatoms. The number of carbonyl (C=O) groups is 1. The summed E-state index contributed by atoms with van der Waals surface area (Å²) in [6, 6.07) is 24.2. The van der Waals surface area contributed by atoms with Crippen LogP contribution in [0, 0.1) is 0 Å². The highest BCUT2D eigenvalue weighted by Gasteiger charge is 2.10. The summed E-state index contributed by atoms with van der Waals surface area (Å²) in [5.41, 5.74) is 1.20. The monoisotopic (exact) mass is 385 g/mol. The molecule has 1 aromatic heterocycles. The molecule has 1 heterocycles. The summed E-state index contributed by atoms with van der Waals surface area (Å²) in [5.74, 6) is 1.28. The van der Waals surface area contributed by atoms with Crippen molar-refractivity contribution in [1.82, 2.24) is 15.5 Å². The fourth-order valence-electron chi connectivity index (χ4n) is 3.07. The van der Waals surface area contributed by atoms with E-state index in [1.54, 1.807) is 18.2 Å². The van der Waals surface area contributed by atoms with Gasteiger partial charge in [-0.15, -0.1) is 0 Å². The average molecular weight is 385 g/mol. The Balaban J connectivity index is 1.41. The molecule has 1 amide bonds. The topological polar surface area (TPSA) is 84.1 Å². The first-order valence-electron chi connectivity index (χ1n) is 9.24. The summed E-state index contributed by atoms with van der Waals surface area (Å²) in [5, 5.41) is 10.6. The molecular formula is C23H19N3O3. The number of H-pyrrole nitrogens is 1. The van der Waals surface area contributed by atoms with Gasteiger partial charge in [-0.05, 0) is 35.9 Å². The van der Waals surface area contributed by atoms with Gasteiger partial charge in [-0.3, -0.25) is 9.59 Å². The molecule has 0 fully saturated rings. The maximum atomic E-state index is 12.4. The van der Waals surface area contributed by atoms with E-state index in [9.17, 15) is 9.59 Å². The highest BCUT2D eigenvalue weighted by Crippen LogP contribution is 2.21. The van der Waals surface area contributed by atoms with Crippen LogP contribution in [-0.4, -0.2) is 16.1 Å². The minimum absolute atomic E-state index is 0.0809. The van der Waals surface area contributed by atoms with Crippen LogP contribution in [0.3, 0.4) is 0 Å². The van der Waals surface area contributed by atoms with Crippen molar-refractivity contribution < 1.29 is 9.53 Å². The van der Waals surface area contributed by atoms with E-state index in [1.807, 2.05) is 60.7 Å². The number of ether oxygens (including phenoxy) is 1. The summed E-state index contributed by atoms with van der Waals surface area (Å²) >= 11 is 0. The second-order valence-corrected chi connectivity index (χ2v) is 6.56. The SMILES string of the molecule is O=C(Cc1n[nH]c(=O)c2ccccc12)NCc1cccc(Oc2ccccc2)c1. The second kappa shape index (κ2) is 8.39. The largest absolute Gasteiger partial charge is 0.457 e. The fraction of sp³-hybridized carbons (Fsp3) is 0.0870. The molecule has 0 saturated heterocycles. The van der Waals surface area contributed by atoms with Gasteiger partial charge in [0.05, 0.1) is 17.5 Å². The lowest BCUT2D eigenvalue weighted by atomic mass is 10.1. The lowest BCUT2D eigenvalue weighted by Crippen LogP contribution is -2.25. The number of hydrogen-bond acceptors (Lipinski definition) is 4. The molecule has 0 aliphatic rings. The molecule has 29 heavy (non-hydrogen) atoms. The Morgan fingerprint density at radius 1 is 0.897 bits per heavy atom. The van der Waals surface area contributed by atoms with Crippen LogP contribution in [-0.2, 0) is 17.8 Å². The van der Waals surface area contributed by atoms with Crippen LogP contribution in [0.5, 0.6) is 11.5 Å². The van der Waals surface area contributed by atoms with Gasteiger partial charge in [0, 0.05) is 11.9 Å². The summed E-state index contributed by atoms with van der Waals surface area (Å²) in [4.78, 5) is 24.3. The summed E-state index contributed by atoms with van der Waals surface area (Å²) < 4.78 is 5.82. The number of fused-ring (bicyclic) bond motifs is 1. The molecule has 0 saturated carbocycles. The van der Waals surface area contributed by atoms with Crippen LogP contribution in [0.1, 0.15) is 11.3 Å². The molecule has 6 nitrogen and oxygen atoms in total. The Morgan fingerprint density at radius 3 is 2.45 bits per heavy atom. The van der Waals surface area contributed by atoms with Crippen molar-refractivity contribution in [1.29, 1.82) is 0 Å². The van der Waals surface area contributed by atoms with Gasteiger partial charge in [0.1, 0.15) is 11.5 Å². The molecule has 0 unspecified atom stereocenters. The first kappa shape index (κ1) is 18.4. The number of carbonyl (C=O) groups excluding carboxylic acids is 1. The number of nitrogens with zero attached hydrogens (tertiary/aromatic N) is 1. The van der Waals surface area contributed by atoms with Crippen molar-refractivity contribution in [2.24, 2.45) is 0 Å². The van der Waals surface area contributed by atoms with E-state index in [0.717, 1.165) is 11.3 Å².